The van der Waals surface area contributed by atoms with Gasteiger partial charge in [-0.25, -0.2) is 8.78 Å². The number of nitrogens with one attached hydrogen (secondary N) is 1. The molecule has 1 atom stereocenters. The third-order valence-electron chi connectivity index (χ3n) is 4.02. The van der Waals surface area contributed by atoms with Crippen LogP contribution in [0, 0.1) is 5.92 Å². The number of aromatic nitrogens is 2. The van der Waals surface area contributed by atoms with Gasteiger partial charge in [0.15, 0.2) is 0 Å². The molecule has 0 bridgehead atoms. The van der Waals surface area contributed by atoms with E-state index in [0.717, 1.165) is 18.7 Å². The second kappa shape index (κ2) is 5.99. The predicted octanol–water partition coefficient (Wildman–Crippen LogP) is 3.29. The van der Waals surface area contributed by atoms with Gasteiger partial charge in [-0.1, -0.05) is 6.92 Å². The summed E-state index contributed by atoms with van der Waals surface area (Å²) in [6.45, 7) is 3.02. The molecule has 0 aromatic carbocycles. The fourth-order valence-electron chi connectivity index (χ4n) is 2.90. The van der Waals surface area contributed by atoms with E-state index in [1.165, 1.54) is 0 Å². The lowest BCUT2D eigenvalue weighted by atomic mass is 9.81. The zero-order valence-electron chi connectivity index (χ0n) is 11.7. The first-order chi connectivity index (χ1) is 9.03. The molecule has 0 aliphatic heterocycles. The van der Waals surface area contributed by atoms with Crippen LogP contribution in [0.4, 0.5) is 8.78 Å². The zero-order chi connectivity index (χ0) is 13.9. The predicted molar refractivity (Wildman–Crippen MR) is 71.1 cm³/mol. The van der Waals surface area contributed by atoms with Crippen LogP contribution in [0.1, 0.15) is 50.8 Å². The van der Waals surface area contributed by atoms with Gasteiger partial charge in [0.2, 0.25) is 5.92 Å². The maximum atomic E-state index is 13.3. The maximum absolute atomic E-state index is 13.3. The van der Waals surface area contributed by atoms with Gasteiger partial charge in [0.25, 0.3) is 0 Å². The van der Waals surface area contributed by atoms with Crippen molar-refractivity contribution in [3.8, 4) is 0 Å². The Morgan fingerprint density at radius 3 is 2.68 bits per heavy atom. The summed E-state index contributed by atoms with van der Waals surface area (Å²) < 4.78 is 28.4. The molecule has 0 amide bonds. The highest BCUT2D eigenvalue weighted by Crippen LogP contribution is 2.41. The summed E-state index contributed by atoms with van der Waals surface area (Å²) in [5.41, 5.74) is 1.10. The quantitative estimate of drug-likeness (QED) is 0.890. The third-order valence-corrected chi connectivity index (χ3v) is 4.02. The molecule has 1 N–H and O–H groups in total. The number of hydrogen-bond donors (Lipinski definition) is 1. The van der Waals surface area contributed by atoms with Gasteiger partial charge in [0, 0.05) is 26.1 Å². The van der Waals surface area contributed by atoms with Crippen LogP contribution in [0.15, 0.2) is 12.3 Å². The number of alkyl halides is 2. The summed E-state index contributed by atoms with van der Waals surface area (Å²) >= 11 is 0. The van der Waals surface area contributed by atoms with Crippen LogP contribution in [0.5, 0.6) is 0 Å². The Labute approximate surface area is 113 Å². The molecule has 5 heteroatoms. The highest BCUT2D eigenvalue weighted by molar-refractivity contribution is 5.09. The Morgan fingerprint density at radius 1 is 1.47 bits per heavy atom. The minimum atomic E-state index is -2.46. The van der Waals surface area contributed by atoms with Gasteiger partial charge in [0.1, 0.15) is 0 Å². The average Bonchev–Trinajstić information content (AvgIpc) is 2.78. The summed E-state index contributed by atoms with van der Waals surface area (Å²) in [7, 11) is 1.91. The van der Waals surface area contributed by atoms with E-state index in [1.54, 1.807) is 6.20 Å². The van der Waals surface area contributed by atoms with Gasteiger partial charge in [-0.05, 0) is 37.8 Å². The Morgan fingerprint density at radius 2 is 2.16 bits per heavy atom. The van der Waals surface area contributed by atoms with Crippen LogP contribution in [-0.4, -0.2) is 22.2 Å². The molecule has 3 nitrogen and oxygen atoms in total. The van der Waals surface area contributed by atoms with Crippen molar-refractivity contribution in [3.63, 3.8) is 0 Å². The molecule has 0 radical (unpaired) electrons. The van der Waals surface area contributed by atoms with E-state index in [1.807, 2.05) is 17.8 Å². The van der Waals surface area contributed by atoms with Crippen molar-refractivity contribution in [1.29, 1.82) is 0 Å². The number of aryl methyl sites for hydroxylation is 1. The molecular formula is C14H23F2N3. The molecule has 108 valence electrons. The van der Waals surface area contributed by atoms with Crippen molar-refractivity contribution >= 4 is 0 Å². The van der Waals surface area contributed by atoms with Crippen LogP contribution in [0.3, 0.4) is 0 Å². The first-order valence-electron chi connectivity index (χ1n) is 7.12. The Kier molecular flexibility index (Phi) is 4.55. The summed E-state index contributed by atoms with van der Waals surface area (Å²) in [6.07, 6.45) is 4.00. The van der Waals surface area contributed by atoms with Crippen LogP contribution in [-0.2, 0) is 7.05 Å². The lowest BCUT2D eigenvalue weighted by Crippen LogP contribution is -2.35. The van der Waals surface area contributed by atoms with Gasteiger partial charge < -0.3 is 5.32 Å². The SMILES string of the molecule is CCCNC(c1ccnn1C)C1CCC(F)(F)CC1. The number of rotatable bonds is 5. The monoisotopic (exact) mass is 271 g/mol. The van der Waals surface area contributed by atoms with Crippen molar-refractivity contribution in [1.82, 2.24) is 15.1 Å². The fraction of sp³-hybridized carbons (Fsp3) is 0.786. The number of halogens is 2. The van der Waals surface area contributed by atoms with E-state index in [9.17, 15) is 8.78 Å². The Bertz CT molecular complexity index is 393. The lowest BCUT2D eigenvalue weighted by molar-refractivity contribution is -0.0500. The molecule has 1 fully saturated rings. The first-order valence-corrected chi connectivity index (χ1v) is 7.12. The lowest BCUT2D eigenvalue weighted by Gasteiger charge is -2.34. The van der Waals surface area contributed by atoms with Crippen LogP contribution >= 0.6 is 0 Å². The Balaban J connectivity index is 2.08. The molecule has 0 saturated heterocycles. The summed E-state index contributed by atoms with van der Waals surface area (Å²) in [5, 5.41) is 7.70. The summed E-state index contributed by atoms with van der Waals surface area (Å²) in [5.74, 6) is -2.18. The molecule has 1 aliphatic rings. The summed E-state index contributed by atoms with van der Waals surface area (Å²) in [6, 6.07) is 2.13. The first kappa shape index (κ1) is 14.4. The van der Waals surface area contributed by atoms with Crippen LogP contribution in [0.2, 0.25) is 0 Å². The van der Waals surface area contributed by atoms with E-state index in [2.05, 4.69) is 17.3 Å². The van der Waals surface area contributed by atoms with Crippen molar-refractivity contribution in [2.24, 2.45) is 13.0 Å². The van der Waals surface area contributed by atoms with Crippen molar-refractivity contribution in [2.75, 3.05) is 6.54 Å². The molecule has 1 heterocycles. The highest BCUT2D eigenvalue weighted by Gasteiger charge is 2.38. The largest absolute Gasteiger partial charge is 0.308 e. The van der Waals surface area contributed by atoms with Gasteiger partial charge >= 0.3 is 0 Å². The van der Waals surface area contributed by atoms with Crippen molar-refractivity contribution in [3.05, 3.63) is 18.0 Å². The van der Waals surface area contributed by atoms with Gasteiger partial charge in [0.05, 0.1) is 11.7 Å². The number of nitrogens with zero attached hydrogens (tertiary/aromatic N) is 2. The van der Waals surface area contributed by atoms with E-state index in [4.69, 9.17) is 0 Å². The minimum Gasteiger partial charge on any atom is -0.308 e. The van der Waals surface area contributed by atoms with Gasteiger partial charge in [-0.15, -0.1) is 0 Å². The fourth-order valence-corrected chi connectivity index (χ4v) is 2.90. The zero-order valence-corrected chi connectivity index (χ0v) is 11.7. The number of hydrogen-bond acceptors (Lipinski definition) is 2. The third kappa shape index (κ3) is 3.53. The van der Waals surface area contributed by atoms with E-state index in [0.29, 0.717) is 12.8 Å². The normalized spacial score (nSPS) is 21.5. The molecule has 1 saturated carbocycles. The van der Waals surface area contributed by atoms with E-state index < -0.39 is 5.92 Å². The second-order valence-corrected chi connectivity index (χ2v) is 5.50. The minimum absolute atomic E-state index is 0.0137. The standard InChI is InChI=1S/C14H23F2N3/c1-3-9-17-13(12-6-10-18-19(12)2)11-4-7-14(15,16)8-5-11/h6,10-11,13,17H,3-5,7-9H2,1-2H3. The van der Waals surface area contributed by atoms with Crippen LogP contribution < -0.4 is 5.32 Å². The molecule has 19 heavy (non-hydrogen) atoms. The second-order valence-electron chi connectivity index (χ2n) is 5.50. The topological polar surface area (TPSA) is 29.9 Å². The van der Waals surface area contributed by atoms with Gasteiger partial charge in [-0.3, -0.25) is 4.68 Å². The van der Waals surface area contributed by atoms with E-state index >= 15 is 0 Å². The molecular weight excluding hydrogens is 248 g/mol. The molecule has 0 spiro atoms. The molecule has 1 unspecified atom stereocenters. The average molecular weight is 271 g/mol. The molecule has 2 rings (SSSR count). The van der Waals surface area contributed by atoms with Crippen LogP contribution in [0.25, 0.3) is 0 Å². The van der Waals surface area contributed by atoms with E-state index in [-0.39, 0.29) is 24.8 Å². The maximum Gasteiger partial charge on any atom is 0.248 e. The van der Waals surface area contributed by atoms with Crippen molar-refractivity contribution < 1.29 is 8.78 Å². The smallest absolute Gasteiger partial charge is 0.248 e. The Hall–Kier alpha value is -0.970. The molecule has 1 aliphatic carbocycles. The summed E-state index contributed by atoms with van der Waals surface area (Å²) in [4.78, 5) is 0. The molecule has 1 aromatic heterocycles. The highest BCUT2D eigenvalue weighted by atomic mass is 19.3. The molecule has 1 aromatic rings. The van der Waals surface area contributed by atoms with Crippen molar-refractivity contribution in [2.45, 2.75) is 51.0 Å². The van der Waals surface area contributed by atoms with Gasteiger partial charge in [-0.2, -0.15) is 5.10 Å².